The maximum absolute atomic E-state index is 4.40. The van der Waals surface area contributed by atoms with Crippen LogP contribution >= 0.6 is 0 Å². The Labute approximate surface area is 117 Å². The molecule has 1 unspecified atom stereocenters. The zero-order valence-corrected chi connectivity index (χ0v) is 12.9. The molecule has 1 aliphatic carbocycles. The fourth-order valence-corrected chi connectivity index (χ4v) is 3.18. The molecule has 0 radical (unpaired) electrons. The van der Waals surface area contributed by atoms with Gasteiger partial charge in [-0.2, -0.15) is 5.10 Å². The van der Waals surface area contributed by atoms with E-state index in [9.17, 15) is 0 Å². The van der Waals surface area contributed by atoms with Crippen molar-refractivity contribution in [2.45, 2.75) is 72.4 Å². The van der Waals surface area contributed by atoms with Gasteiger partial charge in [-0.15, -0.1) is 0 Å². The smallest absolute Gasteiger partial charge is 0.147 e. The summed E-state index contributed by atoms with van der Waals surface area (Å²) in [6, 6.07) is 0.710. The second-order valence-corrected chi connectivity index (χ2v) is 6.69. The van der Waals surface area contributed by atoms with Gasteiger partial charge in [-0.3, -0.25) is 4.68 Å². The van der Waals surface area contributed by atoms with E-state index in [1.54, 1.807) is 0 Å². The standard InChI is InChI=1S/C15H28N4/c1-12-17-13(2)19(18-12)10-6-9-16-14-7-5-8-15(3,4)11-14/h14,16H,5-11H2,1-4H3. The minimum absolute atomic E-state index is 0.523. The van der Waals surface area contributed by atoms with Gasteiger partial charge < -0.3 is 5.32 Å². The van der Waals surface area contributed by atoms with Crippen molar-refractivity contribution in [2.24, 2.45) is 5.41 Å². The highest BCUT2D eigenvalue weighted by Gasteiger charge is 2.27. The maximum atomic E-state index is 4.40. The van der Waals surface area contributed by atoms with Crippen LogP contribution in [0.2, 0.25) is 0 Å². The van der Waals surface area contributed by atoms with Crippen molar-refractivity contribution in [1.82, 2.24) is 20.1 Å². The molecule has 0 aromatic carbocycles. The number of nitrogens with zero attached hydrogens (tertiary/aromatic N) is 3. The summed E-state index contributed by atoms with van der Waals surface area (Å²) in [6.07, 6.45) is 6.52. The Balaban J connectivity index is 1.68. The van der Waals surface area contributed by atoms with Gasteiger partial charge in [-0.1, -0.05) is 20.3 Å². The van der Waals surface area contributed by atoms with E-state index in [0.29, 0.717) is 11.5 Å². The summed E-state index contributed by atoms with van der Waals surface area (Å²) < 4.78 is 2.02. The first-order chi connectivity index (χ1) is 8.96. The van der Waals surface area contributed by atoms with Gasteiger partial charge in [0, 0.05) is 12.6 Å². The summed E-state index contributed by atoms with van der Waals surface area (Å²) in [5, 5.41) is 8.11. The number of hydrogen-bond donors (Lipinski definition) is 1. The number of aryl methyl sites for hydroxylation is 3. The van der Waals surface area contributed by atoms with Crippen LogP contribution in [-0.4, -0.2) is 27.4 Å². The van der Waals surface area contributed by atoms with E-state index in [4.69, 9.17) is 0 Å². The van der Waals surface area contributed by atoms with Gasteiger partial charge in [0.25, 0.3) is 0 Å². The Morgan fingerprint density at radius 1 is 1.37 bits per heavy atom. The highest BCUT2D eigenvalue weighted by Crippen LogP contribution is 2.34. The summed E-state index contributed by atoms with van der Waals surface area (Å²) in [5.41, 5.74) is 0.523. The monoisotopic (exact) mass is 264 g/mol. The van der Waals surface area contributed by atoms with Gasteiger partial charge in [0.05, 0.1) is 0 Å². The Kier molecular flexibility index (Phi) is 4.61. The van der Waals surface area contributed by atoms with E-state index < -0.39 is 0 Å². The van der Waals surface area contributed by atoms with Crippen LogP contribution in [0.4, 0.5) is 0 Å². The van der Waals surface area contributed by atoms with E-state index in [1.807, 2.05) is 18.5 Å². The molecule has 0 aliphatic heterocycles. The molecule has 4 heteroatoms. The Hall–Kier alpha value is -0.900. The third-order valence-corrected chi connectivity index (χ3v) is 4.15. The third kappa shape index (κ3) is 4.30. The normalized spacial score (nSPS) is 22.6. The summed E-state index contributed by atoms with van der Waals surface area (Å²) >= 11 is 0. The molecule has 1 saturated carbocycles. The molecule has 19 heavy (non-hydrogen) atoms. The van der Waals surface area contributed by atoms with Crippen molar-refractivity contribution in [2.75, 3.05) is 6.54 Å². The number of aromatic nitrogens is 3. The lowest BCUT2D eigenvalue weighted by Crippen LogP contribution is -2.37. The zero-order chi connectivity index (χ0) is 13.9. The minimum Gasteiger partial charge on any atom is -0.314 e. The van der Waals surface area contributed by atoms with Crippen molar-refractivity contribution < 1.29 is 0 Å². The van der Waals surface area contributed by atoms with Gasteiger partial charge in [0.15, 0.2) is 0 Å². The molecule has 1 aromatic rings. The average molecular weight is 264 g/mol. The highest BCUT2D eigenvalue weighted by atomic mass is 15.3. The van der Waals surface area contributed by atoms with Gasteiger partial charge in [0.2, 0.25) is 0 Å². The van der Waals surface area contributed by atoms with E-state index in [2.05, 4.69) is 29.2 Å². The predicted molar refractivity (Wildman–Crippen MR) is 78.2 cm³/mol. The van der Waals surface area contributed by atoms with Crippen molar-refractivity contribution >= 4 is 0 Å². The van der Waals surface area contributed by atoms with Gasteiger partial charge in [-0.25, -0.2) is 4.98 Å². The van der Waals surface area contributed by atoms with Crippen LogP contribution in [0.25, 0.3) is 0 Å². The first kappa shape index (κ1) is 14.5. The molecule has 0 spiro atoms. The molecular formula is C15H28N4. The first-order valence-electron chi connectivity index (χ1n) is 7.58. The van der Waals surface area contributed by atoms with Crippen LogP contribution in [-0.2, 0) is 6.54 Å². The molecule has 0 amide bonds. The van der Waals surface area contributed by atoms with Crippen LogP contribution in [0.3, 0.4) is 0 Å². The lowest BCUT2D eigenvalue weighted by Gasteiger charge is -2.35. The lowest BCUT2D eigenvalue weighted by atomic mass is 9.75. The first-order valence-corrected chi connectivity index (χ1v) is 7.58. The van der Waals surface area contributed by atoms with Crippen molar-refractivity contribution in [3.8, 4) is 0 Å². The molecular weight excluding hydrogens is 236 g/mol. The maximum Gasteiger partial charge on any atom is 0.147 e. The van der Waals surface area contributed by atoms with E-state index in [1.165, 1.54) is 25.7 Å². The topological polar surface area (TPSA) is 42.7 Å². The van der Waals surface area contributed by atoms with E-state index >= 15 is 0 Å². The molecule has 0 bridgehead atoms. The average Bonchev–Trinajstić information content (AvgIpc) is 2.62. The van der Waals surface area contributed by atoms with Gasteiger partial charge >= 0.3 is 0 Å². The highest BCUT2D eigenvalue weighted by molar-refractivity contribution is 4.87. The minimum atomic E-state index is 0.523. The fourth-order valence-electron chi connectivity index (χ4n) is 3.18. The van der Waals surface area contributed by atoms with Crippen LogP contribution in [0, 0.1) is 19.3 Å². The molecule has 2 rings (SSSR count). The van der Waals surface area contributed by atoms with E-state index in [-0.39, 0.29) is 0 Å². The van der Waals surface area contributed by atoms with Crippen LogP contribution in [0.15, 0.2) is 0 Å². The molecule has 108 valence electrons. The number of hydrogen-bond acceptors (Lipinski definition) is 3. The molecule has 1 fully saturated rings. The SMILES string of the molecule is Cc1nc(C)n(CCCNC2CCCC(C)(C)C2)n1. The summed E-state index contributed by atoms with van der Waals surface area (Å²) in [4.78, 5) is 4.33. The molecule has 1 aromatic heterocycles. The molecule has 0 saturated heterocycles. The molecule has 1 heterocycles. The Morgan fingerprint density at radius 3 is 2.79 bits per heavy atom. The second kappa shape index (κ2) is 6.04. The largest absolute Gasteiger partial charge is 0.314 e. The lowest BCUT2D eigenvalue weighted by molar-refractivity contribution is 0.198. The Morgan fingerprint density at radius 2 is 2.16 bits per heavy atom. The predicted octanol–water partition coefficient (Wildman–Crippen LogP) is 2.84. The summed E-state index contributed by atoms with van der Waals surface area (Å²) in [5.74, 6) is 1.90. The van der Waals surface area contributed by atoms with Crippen molar-refractivity contribution in [3.05, 3.63) is 11.6 Å². The fraction of sp³-hybridized carbons (Fsp3) is 0.867. The van der Waals surface area contributed by atoms with Crippen molar-refractivity contribution in [3.63, 3.8) is 0 Å². The third-order valence-electron chi connectivity index (χ3n) is 4.15. The van der Waals surface area contributed by atoms with Crippen LogP contribution < -0.4 is 5.32 Å². The van der Waals surface area contributed by atoms with Crippen molar-refractivity contribution in [1.29, 1.82) is 0 Å². The van der Waals surface area contributed by atoms with Gasteiger partial charge in [0.1, 0.15) is 11.6 Å². The van der Waals surface area contributed by atoms with Crippen LogP contribution in [0.1, 0.15) is 57.6 Å². The Bertz CT molecular complexity index is 408. The molecule has 1 aliphatic rings. The summed E-state index contributed by atoms with van der Waals surface area (Å²) in [6.45, 7) is 10.8. The quantitative estimate of drug-likeness (QED) is 0.832. The number of rotatable bonds is 5. The van der Waals surface area contributed by atoms with E-state index in [0.717, 1.165) is 31.2 Å². The zero-order valence-electron chi connectivity index (χ0n) is 12.9. The summed E-state index contributed by atoms with van der Waals surface area (Å²) in [7, 11) is 0. The second-order valence-electron chi connectivity index (χ2n) is 6.69. The molecule has 1 N–H and O–H groups in total. The molecule has 4 nitrogen and oxygen atoms in total. The number of nitrogens with one attached hydrogen (secondary N) is 1. The van der Waals surface area contributed by atoms with Gasteiger partial charge in [-0.05, 0) is 51.5 Å². The molecule has 1 atom stereocenters. The van der Waals surface area contributed by atoms with Crippen LogP contribution in [0.5, 0.6) is 0 Å².